The lowest BCUT2D eigenvalue weighted by Gasteiger charge is -2.21. The van der Waals surface area contributed by atoms with Crippen molar-refractivity contribution in [1.29, 1.82) is 0 Å². The highest BCUT2D eigenvalue weighted by atomic mass is 16.5. The molecule has 0 fully saturated rings. The fraction of sp³-hybridized carbons (Fsp3) is 0.217. The Labute approximate surface area is 159 Å². The summed E-state index contributed by atoms with van der Waals surface area (Å²) in [5.74, 6) is 0.769. The van der Waals surface area contributed by atoms with E-state index in [4.69, 9.17) is 4.74 Å². The minimum Gasteiger partial charge on any atom is -0.486 e. The van der Waals surface area contributed by atoms with Crippen LogP contribution in [0.3, 0.4) is 0 Å². The predicted molar refractivity (Wildman–Crippen MR) is 106 cm³/mol. The highest BCUT2D eigenvalue weighted by Crippen LogP contribution is 2.28. The topological polar surface area (TPSA) is 59.4 Å². The van der Waals surface area contributed by atoms with Crippen molar-refractivity contribution in [2.75, 3.05) is 0 Å². The largest absolute Gasteiger partial charge is 0.486 e. The number of carbonyl (C=O) groups is 1. The van der Waals surface area contributed by atoms with Crippen LogP contribution in [0.25, 0.3) is 11.1 Å². The lowest BCUT2D eigenvalue weighted by Crippen LogP contribution is -2.14. The van der Waals surface area contributed by atoms with Gasteiger partial charge in [-0.15, -0.1) is 0 Å². The van der Waals surface area contributed by atoms with Crippen molar-refractivity contribution < 1.29 is 14.6 Å². The fourth-order valence-electron chi connectivity index (χ4n) is 2.94. The van der Waals surface area contributed by atoms with Crippen LogP contribution in [0.4, 0.5) is 0 Å². The van der Waals surface area contributed by atoms with Gasteiger partial charge in [0.25, 0.3) is 0 Å². The third kappa shape index (κ3) is 5.02. The minimum absolute atomic E-state index is 0.0502. The summed E-state index contributed by atoms with van der Waals surface area (Å²) in [6.07, 6.45) is 3.20. The van der Waals surface area contributed by atoms with E-state index in [-0.39, 0.29) is 11.9 Å². The Bertz CT molecular complexity index is 889. The summed E-state index contributed by atoms with van der Waals surface area (Å²) in [5.41, 5.74) is 3.62. The van der Waals surface area contributed by atoms with Gasteiger partial charge in [-0.05, 0) is 49.2 Å². The zero-order chi connectivity index (χ0) is 19.2. The maximum Gasteiger partial charge on any atom is 0.159 e. The standard InChI is InChI=1S/C23H23NO3/c1-16(25)13-23(21-7-4-12-24-15-21)27-22-10-8-18(9-11-22)20-6-3-5-19(14-20)17(2)26/h3-12,14-16,23,25H,13H2,1-2H3. The Morgan fingerprint density at radius 3 is 2.48 bits per heavy atom. The van der Waals surface area contributed by atoms with Crippen LogP contribution >= 0.6 is 0 Å². The van der Waals surface area contributed by atoms with Gasteiger partial charge in [0.1, 0.15) is 11.9 Å². The molecule has 2 unspecified atom stereocenters. The van der Waals surface area contributed by atoms with Crippen molar-refractivity contribution in [2.24, 2.45) is 0 Å². The monoisotopic (exact) mass is 361 g/mol. The van der Waals surface area contributed by atoms with Crippen LogP contribution in [0, 0.1) is 0 Å². The Balaban J connectivity index is 1.80. The summed E-state index contributed by atoms with van der Waals surface area (Å²) in [4.78, 5) is 15.7. The van der Waals surface area contributed by atoms with Crippen molar-refractivity contribution in [3.8, 4) is 16.9 Å². The predicted octanol–water partition coefficient (Wildman–Crippen LogP) is 4.84. The molecule has 0 bridgehead atoms. The van der Waals surface area contributed by atoms with Crippen molar-refractivity contribution in [3.05, 3.63) is 84.2 Å². The molecular weight excluding hydrogens is 338 g/mol. The van der Waals surface area contributed by atoms with E-state index in [0.29, 0.717) is 12.0 Å². The molecular formula is C23H23NO3. The number of ketones is 1. The quantitative estimate of drug-likeness (QED) is 0.612. The molecule has 0 spiro atoms. The number of ether oxygens (including phenoxy) is 1. The maximum absolute atomic E-state index is 11.6. The third-order valence-electron chi connectivity index (χ3n) is 4.35. The molecule has 27 heavy (non-hydrogen) atoms. The summed E-state index contributed by atoms with van der Waals surface area (Å²) in [5, 5.41) is 9.80. The van der Waals surface area contributed by atoms with Gasteiger partial charge in [-0.3, -0.25) is 9.78 Å². The number of benzene rings is 2. The SMILES string of the molecule is CC(=O)c1cccc(-c2ccc(OC(CC(C)O)c3cccnc3)cc2)c1. The van der Waals surface area contributed by atoms with Gasteiger partial charge in [0.05, 0.1) is 6.10 Å². The summed E-state index contributed by atoms with van der Waals surface area (Å²) in [6.45, 7) is 3.31. The number of Topliss-reactive ketones (excluding diaryl/α,β-unsaturated/α-hetero) is 1. The Morgan fingerprint density at radius 2 is 1.85 bits per heavy atom. The lowest BCUT2D eigenvalue weighted by atomic mass is 10.0. The minimum atomic E-state index is -0.483. The molecule has 0 amide bonds. The summed E-state index contributed by atoms with van der Waals surface area (Å²) in [7, 11) is 0. The summed E-state index contributed by atoms with van der Waals surface area (Å²) < 4.78 is 6.11. The molecule has 2 atom stereocenters. The molecule has 0 saturated carbocycles. The van der Waals surface area contributed by atoms with Crippen molar-refractivity contribution in [1.82, 2.24) is 4.98 Å². The smallest absolute Gasteiger partial charge is 0.159 e. The van der Waals surface area contributed by atoms with Crippen LogP contribution in [-0.2, 0) is 0 Å². The molecule has 4 heteroatoms. The molecule has 0 radical (unpaired) electrons. The van der Waals surface area contributed by atoms with Gasteiger partial charge in [-0.2, -0.15) is 0 Å². The number of nitrogens with zero attached hydrogens (tertiary/aromatic N) is 1. The fourth-order valence-corrected chi connectivity index (χ4v) is 2.94. The second kappa shape index (κ2) is 8.60. The Kier molecular flexibility index (Phi) is 5.99. The normalized spacial score (nSPS) is 13.0. The number of carbonyl (C=O) groups excluding carboxylic acids is 1. The zero-order valence-corrected chi connectivity index (χ0v) is 15.5. The molecule has 2 aromatic carbocycles. The number of aliphatic hydroxyl groups is 1. The van der Waals surface area contributed by atoms with E-state index in [1.54, 1.807) is 26.2 Å². The molecule has 0 aliphatic carbocycles. The van der Waals surface area contributed by atoms with Crippen LogP contribution in [-0.4, -0.2) is 22.0 Å². The van der Waals surface area contributed by atoms with Crippen molar-refractivity contribution in [3.63, 3.8) is 0 Å². The van der Waals surface area contributed by atoms with Gasteiger partial charge in [0.15, 0.2) is 5.78 Å². The van der Waals surface area contributed by atoms with E-state index >= 15 is 0 Å². The molecule has 3 aromatic rings. The number of aromatic nitrogens is 1. The number of rotatable bonds is 7. The first-order valence-corrected chi connectivity index (χ1v) is 8.99. The average molecular weight is 361 g/mol. The van der Waals surface area contributed by atoms with Crippen molar-refractivity contribution >= 4 is 5.78 Å². The Morgan fingerprint density at radius 1 is 1.07 bits per heavy atom. The summed E-state index contributed by atoms with van der Waals surface area (Å²) in [6, 6.07) is 19.1. The van der Waals surface area contributed by atoms with Gasteiger partial charge < -0.3 is 9.84 Å². The van der Waals surface area contributed by atoms with Crippen molar-refractivity contribution in [2.45, 2.75) is 32.5 Å². The number of aliphatic hydroxyl groups excluding tert-OH is 1. The number of hydrogen-bond donors (Lipinski definition) is 1. The molecule has 4 nitrogen and oxygen atoms in total. The van der Waals surface area contributed by atoms with E-state index < -0.39 is 6.10 Å². The average Bonchev–Trinajstić information content (AvgIpc) is 2.68. The van der Waals surface area contributed by atoms with Gasteiger partial charge in [-0.25, -0.2) is 0 Å². The number of pyridine rings is 1. The van der Waals surface area contributed by atoms with E-state index in [2.05, 4.69) is 4.98 Å². The van der Waals surface area contributed by atoms with Crippen LogP contribution in [0.2, 0.25) is 0 Å². The van der Waals surface area contributed by atoms with E-state index in [1.165, 1.54) is 0 Å². The van der Waals surface area contributed by atoms with Crippen LogP contribution in [0.5, 0.6) is 5.75 Å². The molecule has 1 heterocycles. The molecule has 0 aliphatic rings. The van der Waals surface area contributed by atoms with Gasteiger partial charge in [0.2, 0.25) is 0 Å². The van der Waals surface area contributed by atoms with Gasteiger partial charge in [0, 0.05) is 29.9 Å². The molecule has 0 aliphatic heterocycles. The summed E-state index contributed by atoms with van der Waals surface area (Å²) >= 11 is 0. The molecule has 1 N–H and O–H groups in total. The van der Waals surface area contributed by atoms with Gasteiger partial charge >= 0.3 is 0 Å². The van der Waals surface area contributed by atoms with Crippen LogP contribution < -0.4 is 4.74 Å². The first-order chi connectivity index (χ1) is 13.0. The second-order valence-corrected chi connectivity index (χ2v) is 6.64. The molecule has 3 rings (SSSR count). The first kappa shape index (κ1) is 18.8. The number of hydrogen-bond acceptors (Lipinski definition) is 4. The van der Waals surface area contributed by atoms with Crippen LogP contribution in [0.15, 0.2) is 73.1 Å². The highest BCUT2D eigenvalue weighted by Gasteiger charge is 2.16. The third-order valence-corrected chi connectivity index (χ3v) is 4.35. The van der Waals surface area contributed by atoms with E-state index in [1.807, 2.05) is 60.7 Å². The highest BCUT2D eigenvalue weighted by molar-refractivity contribution is 5.95. The molecule has 0 saturated heterocycles. The zero-order valence-electron chi connectivity index (χ0n) is 15.5. The first-order valence-electron chi connectivity index (χ1n) is 8.99. The lowest BCUT2D eigenvalue weighted by molar-refractivity contribution is 0.101. The van der Waals surface area contributed by atoms with E-state index in [0.717, 1.165) is 22.4 Å². The molecule has 138 valence electrons. The second-order valence-electron chi connectivity index (χ2n) is 6.64. The Hall–Kier alpha value is -2.98. The molecule has 1 aromatic heterocycles. The van der Waals surface area contributed by atoms with E-state index in [9.17, 15) is 9.90 Å². The maximum atomic E-state index is 11.6. The van der Waals surface area contributed by atoms with Gasteiger partial charge in [-0.1, -0.05) is 36.4 Å². The van der Waals surface area contributed by atoms with Crippen LogP contribution in [0.1, 0.15) is 42.3 Å².